The number of halogens is 9. The summed E-state index contributed by atoms with van der Waals surface area (Å²) in [6.07, 6.45) is -9.94. The number of aryl methyl sites for hydroxylation is 1. The fraction of sp³-hybridized carbons (Fsp3) is 0.304. The zero-order valence-electron chi connectivity index (χ0n) is 18.6. The molecule has 0 aliphatic rings. The molecule has 0 aliphatic heterocycles. The van der Waals surface area contributed by atoms with E-state index in [2.05, 4.69) is 21.2 Å². The predicted molar refractivity (Wildman–Crippen MR) is 129 cm³/mol. The number of benzene rings is 2. The lowest BCUT2D eigenvalue weighted by atomic mass is 9.96. The van der Waals surface area contributed by atoms with Crippen LogP contribution in [0.1, 0.15) is 46.3 Å². The average Bonchev–Trinajstić information content (AvgIpc) is 2.69. The van der Waals surface area contributed by atoms with E-state index in [1.165, 1.54) is 38.1 Å². The van der Waals surface area contributed by atoms with Crippen molar-refractivity contribution in [3.05, 3.63) is 73.2 Å². The molecule has 0 saturated heterocycles. The molecular weight excluding hydrogens is 601 g/mol. The monoisotopic (exact) mass is 618 g/mol. The second-order valence-electron chi connectivity index (χ2n) is 7.81. The van der Waals surface area contributed by atoms with Gasteiger partial charge in [-0.2, -0.15) is 26.3 Å². The number of alkyl halides is 6. The van der Waals surface area contributed by atoms with Gasteiger partial charge in [-0.25, -0.2) is 0 Å². The van der Waals surface area contributed by atoms with Gasteiger partial charge in [0.25, 0.3) is 5.91 Å². The molecule has 0 fully saturated rings. The Labute approximate surface area is 221 Å². The summed E-state index contributed by atoms with van der Waals surface area (Å²) >= 11 is 15.0. The van der Waals surface area contributed by atoms with Crippen molar-refractivity contribution in [2.45, 2.75) is 44.7 Å². The van der Waals surface area contributed by atoms with E-state index in [9.17, 15) is 35.9 Å². The van der Waals surface area contributed by atoms with E-state index >= 15 is 0 Å². The molecule has 4 nitrogen and oxygen atoms in total. The maximum absolute atomic E-state index is 13.7. The maximum atomic E-state index is 13.7. The van der Waals surface area contributed by atoms with Crippen molar-refractivity contribution >= 4 is 57.0 Å². The van der Waals surface area contributed by atoms with Crippen LogP contribution in [-0.2, 0) is 4.79 Å². The summed E-state index contributed by atoms with van der Waals surface area (Å²) in [6.45, 7) is 2.82. The van der Waals surface area contributed by atoms with Gasteiger partial charge in [-0.05, 0) is 64.7 Å². The van der Waals surface area contributed by atoms with Crippen molar-refractivity contribution in [1.29, 1.82) is 0 Å². The normalized spacial score (nSPS) is 14.0. The van der Waals surface area contributed by atoms with Crippen LogP contribution in [0.3, 0.4) is 0 Å². The summed E-state index contributed by atoms with van der Waals surface area (Å²) in [5.41, 5.74) is 0.718. The standard InChI is InChI=1S/C23H19BrCl2F6N2O2/c1-11-7-13(3-5-15(11)21(36)34-12(2)33-19(35)10-22(27,28)29)4-6-16(23(30,31)32)14-8-17(25)20(24)18(26)9-14/h3-9,12,16H,10H2,1-2H3,(H,33,35)(H,34,36)/t12-,16?/m1/s1. The van der Waals surface area contributed by atoms with Gasteiger partial charge in [0.2, 0.25) is 5.91 Å². The van der Waals surface area contributed by atoms with Crippen molar-refractivity contribution < 1.29 is 35.9 Å². The zero-order chi connectivity index (χ0) is 27.4. The minimum atomic E-state index is -4.69. The first-order valence-corrected chi connectivity index (χ1v) is 11.7. The first-order chi connectivity index (χ1) is 16.5. The molecule has 2 aromatic rings. The highest BCUT2D eigenvalue weighted by Gasteiger charge is 2.39. The van der Waals surface area contributed by atoms with Gasteiger partial charge in [0, 0.05) is 5.56 Å². The number of rotatable bonds is 7. The number of hydrogen-bond acceptors (Lipinski definition) is 2. The molecule has 0 spiro atoms. The Hall–Kier alpha value is -2.24. The molecule has 196 valence electrons. The Morgan fingerprint density at radius 3 is 2.11 bits per heavy atom. The van der Waals surface area contributed by atoms with Gasteiger partial charge < -0.3 is 10.6 Å². The predicted octanol–water partition coefficient (Wildman–Crippen LogP) is 7.57. The Morgan fingerprint density at radius 2 is 1.61 bits per heavy atom. The summed E-state index contributed by atoms with van der Waals surface area (Å²) in [7, 11) is 0. The Morgan fingerprint density at radius 1 is 1.03 bits per heavy atom. The Kier molecular flexibility index (Phi) is 9.89. The number of carbonyl (C=O) groups excluding carboxylic acids is 2. The SMILES string of the molecule is Cc1cc(C=CC(c2cc(Cl)c(Br)c(Cl)c2)C(F)(F)F)ccc1C(=O)N[C@H](C)NC(=O)CC(F)(F)F. The lowest BCUT2D eigenvalue weighted by Gasteiger charge is -2.19. The van der Waals surface area contributed by atoms with Crippen LogP contribution >= 0.6 is 39.1 Å². The van der Waals surface area contributed by atoms with Crippen LogP contribution < -0.4 is 10.6 Å². The summed E-state index contributed by atoms with van der Waals surface area (Å²) in [5, 5.41) is 4.40. The number of carbonyl (C=O) groups is 2. The molecular formula is C23H19BrCl2F6N2O2. The molecule has 2 N–H and O–H groups in total. The lowest BCUT2D eigenvalue weighted by Crippen LogP contribution is -2.46. The van der Waals surface area contributed by atoms with E-state index in [4.69, 9.17) is 23.2 Å². The molecule has 0 heterocycles. The Balaban J connectivity index is 2.18. The van der Waals surface area contributed by atoms with E-state index in [-0.39, 0.29) is 25.6 Å². The third-order valence-electron chi connectivity index (χ3n) is 4.78. The third kappa shape index (κ3) is 8.70. The van der Waals surface area contributed by atoms with E-state index < -0.39 is 42.7 Å². The maximum Gasteiger partial charge on any atom is 0.399 e. The minimum absolute atomic E-state index is 0.0233. The van der Waals surface area contributed by atoms with Crippen LogP contribution in [0.15, 0.2) is 40.9 Å². The van der Waals surface area contributed by atoms with Gasteiger partial charge in [0.15, 0.2) is 0 Å². The van der Waals surface area contributed by atoms with Crippen LogP contribution in [0.5, 0.6) is 0 Å². The second-order valence-corrected chi connectivity index (χ2v) is 9.41. The minimum Gasteiger partial charge on any atom is -0.336 e. The van der Waals surface area contributed by atoms with E-state index in [0.717, 1.165) is 18.2 Å². The molecule has 0 bridgehead atoms. The molecule has 13 heteroatoms. The molecule has 1 unspecified atom stereocenters. The quantitative estimate of drug-likeness (QED) is 0.191. The molecule has 0 aromatic heterocycles. The summed E-state index contributed by atoms with van der Waals surface area (Å²) < 4.78 is 78.3. The fourth-order valence-corrected chi connectivity index (χ4v) is 3.93. The van der Waals surface area contributed by atoms with Crippen LogP contribution in [0.4, 0.5) is 26.3 Å². The number of nitrogens with one attached hydrogen (secondary N) is 2. The van der Waals surface area contributed by atoms with Crippen molar-refractivity contribution in [3.63, 3.8) is 0 Å². The summed E-state index contributed by atoms with van der Waals surface area (Å²) in [6, 6.07) is 6.54. The molecule has 2 amide bonds. The van der Waals surface area contributed by atoms with Crippen molar-refractivity contribution in [3.8, 4) is 0 Å². The van der Waals surface area contributed by atoms with Crippen molar-refractivity contribution in [2.75, 3.05) is 0 Å². The fourth-order valence-electron chi connectivity index (χ4n) is 3.20. The third-order valence-corrected chi connectivity index (χ3v) is 6.69. The Bertz CT molecular complexity index is 1150. The number of amides is 2. The van der Waals surface area contributed by atoms with Crippen molar-refractivity contribution in [1.82, 2.24) is 10.6 Å². The first kappa shape index (κ1) is 30.0. The number of hydrogen-bond donors (Lipinski definition) is 2. The molecule has 2 rings (SSSR count). The van der Waals surface area contributed by atoms with Crippen LogP contribution in [0.2, 0.25) is 10.0 Å². The van der Waals surface area contributed by atoms with Gasteiger partial charge in [-0.3, -0.25) is 9.59 Å². The van der Waals surface area contributed by atoms with Gasteiger partial charge in [0.1, 0.15) is 6.42 Å². The highest BCUT2D eigenvalue weighted by molar-refractivity contribution is 9.10. The van der Waals surface area contributed by atoms with Gasteiger partial charge in [0.05, 0.1) is 26.6 Å². The molecule has 2 aromatic carbocycles. The lowest BCUT2D eigenvalue weighted by molar-refractivity contribution is -0.154. The summed E-state index contributed by atoms with van der Waals surface area (Å²) in [5.74, 6) is -4.00. The van der Waals surface area contributed by atoms with E-state index in [1.54, 1.807) is 0 Å². The van der Waals surface area contributed by atoms with E-state index in [0.29, 0.717) is 11.1 Å². The summed E-state index contributed by atoms with van der Waals surface area (Å²) in [4.78, 5) is 23.8. The highest BCUT2D eigenvalue weighted by Crippen LogP contribution is 2.41. The second kappa shape index (κ2) is 11.9. The number of allylic oxidation sites excluding steroid dienone is 1. The van der Waals surface area contributed by atoms with Crippen LogP contribution in [0.25, 0.3) is 6.08 Å². The molecule has 0 radical (unpaired) electrons. The first-order valence-electron chi connectivity index (χ1n) is 10.1. The van der Waals surface area contributed by atoms with Crippen LogP contribution in [0, 0.1) is 6.92 Å². The van der Waals surface area contributed by atoms with E-state index in [1.807, 2.05) is 5.32 Å². The van der Waals surface area contributed by atoms with Crippen LogP contribution in [-0.4, -0.2) is 30.3 Å². The molecule has 0 saturated carbocycles. The smallest absolute Gasteiger partial charge is 0.336 e. The van der Waals surface area contributed by atoms with Gasteiger partial charge in [-0.1, -0.05) is 47.5 Å². The highest BCUT2D eigenvalue weighted by atomic mass is 79.9. The molecule has 36 heavy (non-hydrogen) atoms. The zero-order valence-corrected chi connectivity index (χ0v) is 21.7. The van der Waals surface area contributed by atoms with Crippen molar-refractivity contribution in [2.24, 2.45) is 0 Å². The topological polar surface area (TPSA) is 58.2 Å². The molecule has 2 atom stereocenters. The largest absolute Gasteiger partial charge is 0.399 e. The van der Waals surface area contributed by atoms with Gasteiger partial charge in [-0.15, -0.1) is 0 Å². The van der Waals surface area contributed by atoms with Gasteiger partial charge >= 0.3 is 12.4 Å². The molecule has 0 aliphatic carbocycles. The average molecular weight is 620 g/mol.